The van der Waals surface area contributed by atoms with E-state index in [0.717, 1.165) is 67.1 Å². The molecule has 5 unspecified atom stereocenters. The number of benzene rings is 4. The zero-order chi connectivity index (χ0) is 69.1. The number of nitrogens with zero attached hydrogens (tertiary/aromatic N) is 1. The standard InChI is InChI=1S/C76H101N5O13S/c1-48-38-50(3)59-46-61-65(45-56(59)39-48)78-68(75(61,5)6)33-30-52-22-21-23-53(42-52)31-34-69-76(7,8)62-44-55-40-49(2)41-67(95(93)94)60(55)47-66(62)81(69)37-20-12-16-26-57(83)25-15-11-13-24-54(72(88)89)43-58(84)27-14-9-10-17-29-70(85)77-36-19-18-28-64(73(90)91)80-74(92)79-63(51(4)82)32-35-71(86)87/h30-31,33-34,38-42,44-47,54,63-64,69,78H,9-29,32,35-37,43H2,1-8H3,(H,77,85)(H,86,87)(H,88,89)(H,90,91)(H,93,94)(H2,79,80,92)/b34-31+,52-30+,68-33+. The molecule has 2 heterocycles. The van der Waals surface area contributed by atoms with E-state index in [2.05, 4.69) is 141 Å². The predicted molar refractivity (Wildman–Crippen MR) is 375 cm³/mol. The lowest BCUT2D eigenvalue weighted by molar-refractivity contribution is -0.144. The molecule has 0 spiro atoms. The summed E-state index contributed by atoms with van der Waals surface area (Å²) in [6, 6.07) is 14.2. The van der Waals surface area contributed by atoms with Crippen LogP contribution in [0, 0.1) is 26.7 Å². The quantitative estimate of drug-likeness (QED) is 0.0153. The van der Waals surface area contributed by atoms with Crippen LogP contribution < -0.4 is 26.2 Å². The predicted octanol–water partition coefficient (Wildman–Crippen LogP) is 14.8. The molecule has 0 saturated heterocycles. The normalized spacial score (nSPS) is 17.6. The number of nitrogens with one attached hydrogen (secondary N) is 4. The maximum atomic E-state index is 13.2. The fraction of sp³-hybridized carbons (Fsp3) is 0.526. The van der Waals surface area contributed by atoms with Crippen LogP contribution in [0.5, 0.6) is 0 Å². The summed E-state index contributed by atoms with van der Waals surface area (Å²) in [6.07, 6.45) is 23.8. The highest BCUT2D eigenvalue weighted by molar-refractivity contribution is 7.79. The minimum Gasteiger partial charge on any atom is -0.481 e. The molecule has 4 aromatic rings. The average Bonchev–Trinajstić information content (AvgIpc) is 1.61. The number of carbonyl (C=O) groups is 8. The summed E-state index contributed by atoms with van der Waals surface area (Å²) in [6.45, 7) is 17.7. The number of allylic oxidation sites excluding steroid dienone is 7. The zero-order valence-corrected chi connectivity index (χ0v) is 57.8. The number of hydrogen-bond acceptors (Lipinski definition) is 11. The molecule has 7 rings (SSSR count). The molecular formula is C76H101N5O13S. The zero-order valence-electron chi connectivity index (χ0n) is 57.0. The Kier molecular flexibility index (Phi) is 27.3. The smallest absolute Gasteiger partial charge is 0.326 e. The highest BCUT2D eigenvalue weighted by Gasteiger charge is 2.44. The van der Waals surface area contributed by atoms with Gasteiger partial charge in [0, 0.05) is 84.9 Å². The van der Waals surface area contributed by atoms with Gasteiger partial charge in [0.15, 0.2) is 16.9 Å². The van der Waals surface area contributed by atoms with E-state index in [1.165, 1.54) is 62.5 Å². The number of urea groups is 1. The molecule has 1 aliphatic carbocycles. The van der Waals surface area contributed by atoms with Gasteiger partial charge in [-0.2, -0.15) is 0 Å². The Hall–Kier alpha value is -7.77. The summed E-state index contributed by atoms with van der Waals surface area (Å²) in [7, 11) is 0. The third-order valence-corrected chi connectivity index (χ3v) is 20.1. The molecule has 0 radical (unpaired) electrons. The van der Waals surface area contributed by atoms with Crippen molar-refractivity contribution < 1.29 is 62.4 Å². The number of aryl methyl sites for hydroxylation is 3. The van der Waals surface area contributed by atoms with Gasteiger partial charge in [-0.05, 0) is 197 Å². The van der Waals surface area contributed by atoms with Crippen LogP contribution in [0.4, 0.5) is 16.2 Å². The van der Waals surface area contributed by atoms with Gasteiger partial charge in [-0.15, -0.1) is 0 Å². The topological polar surface area (TPSA) is 286 Å². The number of carboxylic acids is 3. The molecule has 0 fully saturated rings. The summed E-state index contributed by atoms with van der Waals surface area (Å²) in [5, 5.41) is 43.8. The molecule has 5 atom stereocenters. The minimum absolute atomic E-state index is 0.00280. The lowest BCUT2D eigenvalue weighted by Gasteiger charge is -2.32. The molecule has 2 aliphatic heterocycles. The molecule has 19 heteroatoms. The molecule has 0 aromatic heterocycles. The monoisotopic (exact) mass is 1320 g/mol. The second-order valence-electron chi connectivity index (χ2n) is 27.8. The van der Waals surface area contributed by atoms with Crippen LogP contribution in [-0.4, -0.2) is 102 Å². The summed E-state index contributed by atoms with van der Waals surface area (Å²) >= 11 is -2.17. The van der Waals surface area contributed by atoms with E-state index >= 15 is 0 Å². The van der Waals surface area contributed by atoms with Crippen molar-refractivity contribution in [3.05, 3.63) is 124 Å². The second kappa shape index (κ2) is 34.8. The third-order valence-electron chi connectivity index (χ3n) is 19.3. The van der Waals surface area contributed by atoms with Crippen molar-refractivity contribution in [1.29, 1.82) is 0 Å². The number of unbranched alkanes of at least 4 members (excludes halogenated alkanes) is 8. The van der Waals surface area contributed by atoms with Gasteiger partial charge in [0.25, 0.3) is 0 Å². The van der Waals surface area contributed by atoms with E-state index in [4.69, 9.17) is 5.11 Å². The van der Waals surface area contributed by atoms with Crippen LogP contribution in [-0.2, 0) is 55.5 Å². The number of rotatable bonds is 38. The molecule has 18 nitrogen and oxygen atoms in total. The summed E-state index contributed by atoms with van der Waals surface area (Å²) in [5.41, 5.74) is 11.5. The van der Waals surface area contributed by atoms with Crippen molar-refractivity contribution in [1.82, 2.24) is 16.0 Å². The molecule has 8 N–H and O–H groups in total. The van der Waals surface area contributed by atoms with Crippen LogP contribution in [0.3, 0.4) is 0 Å². The van der Waals surface area contributed by atoms with Crippen molar-refractivity contribution in [2.75, 3.05) is 23.3 Å². The maximum Gasteiger partial charge on any atom is 0.326 e. The van der Waals surface area contributed by atoms with Gasteiger partial charge in [0.05, 0.1) is 22.9 Å². The van der Waals surface area contributed by atoms with Crippen LogP contribution in [0.15, 0.2) is 101 Å². The summed E-state index contributed by atoms with van der Waals surface area (Å²) in [4.78, 5) is 100. The molecule has 3 aliphatic rings. The number of ketones is 3. The Morgan fingerprint density at radius 1 is 0.663 bits per heavy atom. The lowest BCUT2D eigenvalue weighted by Crippen LogP contribution is -2.50. The number of anilines is 2. The van der Waals surface area contributed by atoms with Gasteiger partial charge in [-0.3, -0.25) is 28.8 Å². The van der Waals surface area contributed by atoms with E-state index in [9.17, 15) is 57.3 Å². The average molecular weight is 1320 g/mol. The van der Waals surface area contributed by atoms with E-state index in [0.29, 0.717) is 88.5 Å². The first-order valence-electron chi connectivity index (χ1n) is 34.3. The van der Waals surface area contributed by atoms with E-state index < -0.39 is 58.8 Å². The summed E-state index contributed by atoms with van der Waals surface area (Å²) < 4.78 is 23.2. The SMILES string of the molecule is CC(=O)C(CCC(=O)O)NC(=O)NC(CCCCNC(=O)CCCCCCC(=O)CC(CCCCCC(=O)CCCCCN1c2cc3c(S(=O)O)cc(C)cc3cc2C(C)(C)C1/C=C/C1=CC(=C/C=C2/Nc3cc4cc(C)cc(C)c4cc3C2(C)C)/CCC1)C(=O)O)C(=O)O. The van der Waals surface area contributed by atoms with Crippen LogP contribution in [0.1, 0.15) is 217 Å². The highest BCUT2D eigenvalue weighted by Crippen LogP contribution is 2.49. The van der Waals surface area contributed by atoms with Gasteiger partial charge >= 0.3 is 23.9 Å². The van der Waals surface area contributed by atoms with Gasteiger partial charge in [0.2, 0.25) is 5.91 Å². The molecule has 0 saturated carbocycles. The van der Waals surface area contributed by atoms with Crippen LogP contribution in [0.25, 0.3) is 21.5 Å². The molecular weight excluding hydrogens is 1220 g/mol. The van der Waals surface area contributed by atoms with E-state index in [1.54, 1.807) is 6.07 Å². The Bertz CT molecular complexity index is 3650. The second-order valence-corrected chi connectivity index (χ2v) is 28.7. The lowest BCUT2D eigenvalue weighted by atomic mass is 9.79. The summed E-state index contributed by atoms with van der Waals surface area (Å²) in [5.74, 6) is -4.73. The van der Waals surface area contributed by atoms with E-state index in [1.807, 2.05) is 6.92 Å². The maximum absolute atomic E-state index is 13.2. The first-order valence-corrected chi connectivity index (χ1v) is 35.4. The molecule has 95 heavy (non-hydrogen) atoms. The van der Waals surface area contributed by atoms with Gasteiger partial charge in [0.1, 0.15) is 17.6 Å². The number of carbonyl (C=O) groups excluding carboxylic acids is 5. The van der Waals surface area contributed by atoms with Gasteiger partial charge in [-0.25, -0.2) is 13.8 Å². The molecule has 514 valence electrons. The molecule has 0 bridgehead atoms. The number of aliphatic carboxylic acids is 3. The van der Waals surface area contributed by atoms with E-state index in [-0.39, 0.29) is 72.9 Å². The number of fused-ring (bicyclic) bond motifs is 4. The number of amides is 3. The Morgan fingerprint density at radius 3 is 1.98 bits per heavy atom. The van der Waals surface area contributed by atoms with Crippen molar-refractivity contribution >= 4 is 91.2 Å². The Labute approximate surface area is 563 Å². The van der Waals surface area contributed by atoms with Crippen LogP contribution >= 0.6 is 0 Å². The van der Waals surface area contributed by atoms with Crippen molar-refractivity contribution in [2.24, 2.45) is 5.92 Å². The van der Waals surface area contributed by atoms with Crippen molar-refractivity contribution in [2.45, 2.75) is 243 Å². The number of Topliss-reactive ketones (excluding diaryl/α,β-unsaturated/α-hetero) is 3. The van der Waals surface area contributed by atoms with Gasteiger partial charge < -0.3 is 46.0 Å². The van der Waals surface area contributed by atoms with Crippen molar-refractivity contribution in [3.63, 3.8) is 0 Å². The van der Waals surface area contributed by atoms with Gasteiger partial charge in [-0.1, -0.05) is 108 Å². The molecule has 3 amide bonds. The minimum atomic E-state index is -2.17. The molecule has 4 aromatic carbocycles. The number of hydrogen-bond donors (Lipinski definition) is 8. The Balaban J connectivity index is 0.811. The fourth-order valence-corrected chi connectivity index (χ4v) is 14.5. The first kappa shape index (κ1) is 74.6. The van der Waals surface area contributed by atoms with Crippen molar-refractivity contribution in [3.8, 4) is 0 Å². The number of carboxylic acid groups (broad SMARTS) is 3. The third kappa shape index (κ3) is 21.1. The van der Waals surface area contributed by atoms with Crippen LogP contribution in [0.2, 0.25) is 0 Å². The largest absolute Gasteiger partial charge is 0.481 e. The highest BCUT2D eigenvalue weighted by atomic mass is 32.2. The fourth-order valence-electron chi connectivity index (χ4n) is 13.9. The first-order chi connectivity index (χ1) is 45.1. The Morgan fingerprint density at radius 2 is 1.31 bits per heavy atom.